The third-order valence-corrected chi connectivity index (χ3v) is 5.90. The zero-order chi connectivity index (χ0) is 17.4. The predicted molar refractivity (Wildman–Crippen MR) is 103 cm³/mol. The van der Waals surface area contributed by atoms with Crippen molar-refractivity contribution in [1.29, 1.82) is 0 Å². The Labute approximate surface area is 155 Å². The molecule has 4 heterocycles. The molecule has 1 N–H and O–H groups in total. The first-order chi connectivity index (χ1) is 12.1. The first-order valence-electron chi connectivity index (χ1n) is 8.20. The molecule has 1 aliphatic rings. The van der Waals surface area contributed by atoms with Crippen molar-refractivity contribution in [3.05, 3.63) is 40.5 Å². The highest BCUT2D eigenvalue weighted by atomic mass is 32.2. The van der Waals surface area contributed by atoms with E-state index in [0.717, 1.165) is 33.3 Å². The van der Waals surface area contributed by atoms with Gasteiger partial charge in [0.15, 0.2) is 5.16 Å². The fourth-order valence-corrected chi connectivity index (χ4v) is 4.55. The Bertz CT molecular complexity index is 908. The van der Waals surface area contributed by atoms with Crippen molar-refractivity contribution in [2.24, 2.45) is 0 Å². The highest BCUT2D eigenvalue weighted by molar-refractivity contribution is 7.98. The smallest absolute Gasteiger partial charge is 0.190 e. The van der Waals surface area contributed by atoms with E-state index in [1.54, 1.807) is 23.1 Å². The van der Waals surface area contributed by atoms with Gasteiger partial charge in [-0.05, 0) is 37.8 Å². The number of rotatable bonds is 4. The van der Waals surface area contributed by atoms with Gasteiger partial charge in [-0.1, -0.05) is 17.8 Å². The molecule has 0 amide bonds. The summed E-state index contributed by atoms with van der Waals surface area (Å²) in [6, 6.07) is 5.94. The van der Waals surface area contributed by atoms with Crippen LogP contribution in [0.15, 0.2) is 29.6 Å². The van der Waals surface area contributed by atoms with Crippen LogP contribution in [0.1, 0.15) is 30.0 Å². The van der Waals surface area contributed by atoms with Crippen LogP contribution in [0.25, 0.3) is 10.2 Å². The molecule has 7 heteroatoms. The number of nitrogens with one attached hydrogen (secondary N) is 1. The Balaban J connectivity index is 1.77. The molecule has 0 fully saturated rings. The van der Waals surface area contributed by atoms with Gasteiger partial charge in [-0.3, -0.25) is 4.98 Å². The van der Waals surface area contributed by atoms with Crippen LogP contribution in [0.3, 0.4) is 0 Å². The number of ether oxygens (including phenoxy) is 1. The summed E-state index contributed by atoms with van der Waals surface area (Å²) in [6.07, 6.45) is 4.69. The van der Waals surface area contributed by atoms with E-state index in [2.05, 4.69) is 24.1 Å². The Morgan fingerprint density at radius 3 is 2.96 bits per heavy atom. The van der Waals surface area contributed by atoms with Gasteiger partial charge in [0, 0.05) is 17.5 Å². The van der Waals surface area contributed by atoms with E-state index in [1.165, 1.54) is 10.4 Å². The van der Waals surface area contributed by atoms with Gasteiger partial charge in [0.25, 0.3) is 0 Å². The van der Waals surface area contributed by atoms with E-state index in [0.29, 0.717) is 13.2 Å². The summed E-state index contributed by atoms with van der Waals surface area (Å²) >= 11 is 3.28. The number of thiophene rings is 1. The fraction of sp³-hybridized carbons (Fsp3) is 0.389. The summed E-state index contributed by atoms with van der Waals surface area (Å²) in [6.45, 7) is 5.57. The summed E-state index contributed by atoms with van der Waals surface area (Å²) in [5.41, 5.74) is 2.16. The quantitative estimate of drug-likeness (QED) is 0.545. The molecule has 0 aliphatic carbocycles. The molecule has 5 nitrogen and oxygen atoms in total. The highest BCUT2D eigenvalue weighted by Crippen LogP contribution is 2.41. The summed E-state index contributed by atoms with van der Waals surface area (Å²) in [5, 5.41) is 5.41. The standard InChI is InChI=1S/C18H20N4OS2/c1-18(2)8-12-13(10-23-18)25-16-14(12)15(21-17(22-16)24-3)20-9-11-6-4-5-7-19-11/h4-7H,8-10H2,1-3H3,(H,20,21,22). The molecule has 4 rings (SSSR count). The van der Waals surface area contributed by atoms with Crippen molar-refractivity contribution >= 4 is 39.1 Å². The van der Waals surface area contributed by atoms with Gasteiger partial charge >= 0.3 is 0 Å². The minimum absolute atomic E-state index is 0.155. The SMILES string of the molecule is CSc1nc(NCc2ccccn2)c2c3c(sc2n1)COC(C)(C)C3. The topological polar surface area (TPSA) is 59.9 Å². The maximum atomic E-state index is 5.97. The van der Waals surface area contributed by atoms with Crippen LogP contribution in [0.5, 0.6) is 0 Å². The van der Waals surface area contributed by atoms with Crippen LogP contribution in [-0.4, -0.2) is 26.8 Å². The van der Waals surface area contributed by atoms with E-state index >= 15 is 0 Å². The number of nitrogens with zero attached hydrogens (tertiary/aromatic N) is 3. The largest absolute Gasteiger partial charge is 0.370 e. The average Bonchev–Trinajstić information content (AvgIpc) is 2.97. The highest BCUT2D eigenvalue weighted by Gasteiger charge is 2.31. The molecule has 0 aromatic carbocycles. The van der Waals surface area contributed by atoms with Crippen LogP contribution in [-0.2, 0) is 24.3 Å². The molecule has 1 aliphatic heterocycles. The maximum absolute atomic E-state index is 5.97. The molecule has 0 saturated carbocycles. The van der Waals surface area contributed by atoms with Crippen molar-refractivity contribution in [3.8, 4) is 0 Å². The number of aromatic nitrogens is 3. The van der Waals surface area contributed by atoms with Crippen molar-refractivity contribution < 1.29 is 4.74 Å². The molecule has 0 unspecified atom stereocenters. The first-order valence-corrected chi connectivity index (χ1v) is 10.2. The number of thioether (sulfide) groups is 1. The van der Waals surface area contributed by atoms with Crippen molar-refractivity contribution in [2.45, 2.75) is 44.2 Å². The van der Waals surface area contributed by atoms with Gasteiger partial charge in [-0.2, -0.15) is 0 Å². The fourth-order valence-electron chi connectivity index (χ4n) is 3.02. The normalized spacial score (nSPS) is 16.0. The minimum Gasteiger partial charge on any atom is -0.370 e. The molecule has 0 bridgehead atoms. The van der Waals surface area contributed by atoms with Crippen LogP contribution >= 0.6 is 23.1 Å². The van der Waals surface area contributed by atoms with Gasteiger partial charge in [-0.15, -0.1) is 11.3 Å². The van der Waals surface area contributed by atoms with Gasteiger partial charge in [0.1, 0.15) is 10.6 Å². The Hall–Kier alpha value is -1.70. The molecule has 0 saturated heterocycles. The Morgan fingerprint density at radius 2 is 2.20 bits per heavy atom. The molecule has 3 aromatic heterocycles. The summed E-state index contributed by atoms with van der Waals surface area (Å²) in [5.74, 6) is 0.898. The summed E-state index contributed by atoms with van der Waals surface area (Å²) < 4.78 is 5.97. The van der Waals surface area contributed by atoms with Gasteiger partial charge in [-0.25, -0.2) is 9.97 Å². The van der Waals surface area contributed by atoms with E-state index in [-0.39, 0.29) is 5.60 Å². The molecule has 25 heavy (non-hydrogen) atoms. The second-order valence-electron chi connectivity index (χ2n) is 6.64. The van der Waals surface area contributed by atoms with E-state index in [9.17, 15) is 0 Å². The zero-order valence-corrected chi connectivity index (χ0v) is 16.1. The monoisotopic (exact) mass is 372 g/mol. The predicted octanol–water partition coefficient (Wildman–Crippen LogP) is 4.27. The number of anilines is 1. The van der Waals surface area contributed by atoms with Crippen molar-refractivity contribution in [3.63, 3.8) is 0 Å². The third-order valence-electron chi connectivity index (χ3n) is 4.26. The molecular formula is C18H20N4OS2. The lowest BCUT2D eigenvalue weighted by molar-refractivity contribution is -0.0379. The molecular weight excluding hydrogens is 352 g/mol. The van der Waals surface area contributed by atoms with Crippen LogP contribution in [0.4, 0.5) is 5.82 Å². The molecule has 0 radical (unpaired) electrons. The summed E-state index contributed by atoms with van der Waals surface area (Å²) in [4.78, 5) is 16.2. The van der Waals surface area contributed by atoms with Gasteiger partial charge in [0.05, 0.1) is 29.8 Å². The molecule has 0 atom stereocenters. The van der Waals surface area contributed by atoms with Crippen LogP contribution in [0.2, 0.25) is 0 Å². The average molecular weight is 373 g/mol. The van der Waals surface area contributed by atoms with Gasteiger partial charge in [0.2, 0.25) is 0 Å². The van der Waals surface area contributed by atoms with E-state index in [4.69, 9.17) is 14.7 Å². The van der Waals surface area contributed by atoms with Crippen molar-refractivity contribution in [2.75, 3.05) is 11.6 Å². The summed E-state index contributed by atoms with van der Waals surface area (Å²) in [7, 11) is 0. The van der Waals surface area contributed by atoms with E-state index in [1.807, 2.05) is 30.7 Å². The van der Waals surface area contributed by atoms with Crippen molar-refractivity contribution in [1.82, 2.24) is 15.0 Å². The second kappa shape index (κ2) is 6.55. The first kappa shape index (κ1) is 16.8. The number of hydrogen-bond donors (Lipinski definition) is 1. The number of hydrogen-bond acceptors (Lipinski definition) is 7. The Kier molecular flexibility index (Phi) is 4.39. The second-order valence-corrected chi connectivity index (χ2v) is 8.50. The lowest BCUT2D eigenvalue weighted by Gasteiger charge is -2.30. The maximum Gasteiger partial charge on any atom is 0.190 e. The van der Waals surface area contributed by atoms with Crippen LogP contribution < -0.4 is 5.32 Å². The minimum atomic E-state index is -0.155. The molecule has 0 spiro atoms. The molecule has 3 aromatic rings. The third kappa shape index (κ3) is 3.36. The van der Waals surface area contributed by atoms with Gasteiger partial charge < -0.3 is 10.1 Å². The number of fused-ring (bicyclic) bond motifs is 3. The Morgan fingerprint density at radius 1 is 1.32 bits per heavy atom. The van der Waals surface area contributed by atoms with E-state index < -0.39 is 0 Å². The van der Waals surface area contributed by atoms with Crippen LogP contribution in [0, 0.1) is 0 Å². The lowest BCUT2D eigenvalue weighted by Crippen LogP contribution is -2.31. The molecule has 130 valence electrons. The number of pyridine rings is 1. The zero-order valence-electron chi connectivity index (χ0n) is 14.5. The lowest BCUT2D eigenvalue weighted by atomic mass is 9.94.